The molecule has 0 aliphatic carbocycles. The number of rotatable bonds is 7. The first-order valence-electron chi connectivity index (χ1n) is 8.20. The first-order chi connectivity index (χ1) is 13.1. The number of carbonyl (C=O) groups is 2. The zero-order chi connectivity index (χ0) is 19.1. The number of ether oxygens (including phenoxy) is 1. The second kappa shape index (κ2) is 9.05. The topological polar surface area (TPSA) is 80.6 Å². The van der Waals surface area contributed by atoms with Gasteiger partial charge in [0.2, 0.25) is 5.91 Å². The van der Waals surface area contributed by atoms with Crippen LogP contribution in [0, 0.1) is 0 Å². The molecule has 138 valence electrons. The van der Waals surface area contributed by atoms with Crippen LogP contribution in [0.1, 0.15) is 16.1 Å². The van der Waals surface area contributed by atoms with Crippen LogP contribution in [0.4, 0.5) is 5.69 Å². The minimum atomic E-state index is -0.458. The van der Waals surface area contributed by atoms with Gasteiger partial charge in [0.05, 0.1) is 6.54 Å². The Morgan fingerprint density at radius 3 is 2.37 bits per heavy atom. The van der Waals surface area contributed by atoms with E-state index in [-0.39, 0.29) is 18.2 Å². The first kappa shape index (κ1) is 18.7. The van der Waals surface area contributed by atoms with Gasteiger partial charge < -0.3 is 19.8 Å². The highest BCUT2D eigenvalue weighted by atomic mass is 79.9. The minimum Gasteiger partial charge on any atom is -0.489 e. The number of hydrogen-bond donors (Lipinski definition) is 2. The summed E-state index contributed by atoms with van der Waals surface area (Å²) in [5.41, 5.74) is 1.69. The summed E-state index contributed by atoms with van der Waals surface area (Å²) in [6.45, 7) is 0.310. The monoisotopic (exact) mass is 428 g/mol. The molecule has 0 aliphatic rings. The second-order valence-electron chi connectivity index (χ2n) is 5.63. The van der Waals surface area contributed by atoms with Crippen molar-refractivity contribution in [1.29, 1.82) is 0 Å². The minimum absolute atomic E-state index is 0.134. The Balaban J connectivity index is 1.44. The van der Waals surface area contributed by atoms with Crippen LogP contribution < -0.4 is 15.4 Å². The predicted octanol–water partition coefficient (Wildman–Crippen LogP) is 3.99. The van der Waals surface area contributed by atoms with Crippen molar-refractivity contribution < 1.29 is 18.7 Å². The second-order valence-corrected chi connectivity index (χ2v) is 6.41. The van der Waals surface area contributed by atoms with E-state index < -0.39 is 5.91 Å². The van der Waals surface area contributed by atoms with E-state index in [2.05, 4.69) is 26.6 Å². The van der Waals surface area contributed by atoms with E-state index in [1.165, 1.54) is 6.07 Å². The number of carbonyl (C=O) groups excluding carboxylic acids is 2. The fourth-order valence-corrected chi connectivity index (χ4v) is 2.57. The first-order valence-corrected chi connectivity index (χ1v) is 8.99. The third kappa shape index (κ3) is 5.72. The average molecular weight is 429 g/mol. The number of hydrogen-bond acceptors (Lipinski definition) is 4. The van der Waals surface area contributed by atoms with E-state index in [0.717, 1.165) is 5.56 Å². The average Bonchev–Trinajstić information content (AvgIpc) is 3.13. The lowest BCUT2D eigenvalue weighted by Gasteiger charge is -2.09. The fourth-order valence-electron chi connectivity index (χ4n) is 2.26. The van der Waals surface area contributed by atoms with Gasteiger partial charge in [-0.1, -0.05) is 30.3 Å². The van der Waals surface area contributed by atoms with Crippen LogP contribution in [0.5, 0.6) is 5.75 Å². The predicted molar refractivity (Wildman–Crippen MR) is 105 cm³/mol. The number of benzene rings is 2. The van der Waals surface area contributed by atoms with Gasteiger partial charge in [-0.3, -0.25) is 9.59 Å². The normalized spacial score (nSPS) is 10.3. The summed E-state index contributed by atoms with van der Waals surface area (Å²) in [4.78, 5) is 23.8. The highest BCUT2D eigenvalue weighted by Gasteiger charge is 2.12. The van der Waals surface area contributed by atoms with Crippen LogP contribution in [0.15, 0.2) is 75.8 Å². The lowest BCUT2D eigenvalue weighted by molar-refractivity contribution is -0.115. The van der Waals surface area contributed by atoms with Crippen molar-refractivity contribution in [3.8, 4) is 5.75 Å². The van der Waals surface area contributed by atoms with Gasteiger partial charge in [-0.15, -0.1) is 0 Å². The van der Waals surface area contributed by atoms with Gasteiger partial charge in [0, 0.05) is 5.69 Å². The third-order valence-electron chi connectivity index (χ3n) is 3.59. The highest BCUT2D eigenvalue weighted by molar-refractivity contribution is 9.10. The van der Waals surface area contributed by atoms with E-state index in [9.17, 15) is 9.59 Å². The summed E-state index contributed by atoms with van der Waals surface area (Å²) >= 11 is 3.12. The Kier molecular flexibility index (Phi) is 6.27. The Hall–Kier alpha value is -3.06. The maximum absolute atomic E-state index is 12.0. The molecule has 3 rings (SSSR count). The molecule has 1 aromatic heterocycles. The maximum Gasteiger partial charge on any atom is 0.287 e. The van der Waals surface area contributed by atoms with Crippen molar-refractivity contribution in [2.45, 2.75) is 6.61 Å². The van der Waals surface area contributed by atoms with Gasteiger partial charge >= 0.3 is 0 Å². The highest BCUT2D eigenvalue weighted by Crippen LogP contribution is 2.17. The van der Waals surface area contributed by atoms with E-state index in [1.807, 2.05) is 30.3 Å². The number of amides is 2. The molecule has 0 spiro atoms. The number of halogens is 1. The van der Waals surface area contributed by atoms with Gasteiger partial charge in [0.25, 0.3) is 5.91 Å². The quantitative estimate of drug-likeness (QED) is 0.595. The third-order valence-corrected chi connectivity index (χ3v) is 4.02. The summed E-state index contributed by atoms with van der Waals surface area (Å²) in [6.07, 6.45) is 0. The Bertz CT molecular complexity index is 907. The van der Waals surface area contributed by atoms with E-state index in [0.29, 0.717) is 22.7 Å². The van der Waals surface area contributed by atoms with E-state index in [1.54, 1.807) is 30.3 Å². The molecule has 0 saturated heterocycles. The van der Waals surface area contributed by atoms with Crippen LogP contribution in [0.2, 0.25) is 0 Å². The SMILES string of the molecule is O=C(CNC(=O)c1ccc(Br)o1)Nc1ccc(OCc2ccccc2)cc1. The van der Waals surface area contributed by atoms with Crippen molar-refractivity contribution in [2.75, 3.05) is 11.9 Å². The van der Waals surface area contributed by atoms with Gasteiger partial charge in [0.15, 0.2) is 10.4 Å². The van der Waals surface area contributed by atoms with Crippen LogP contribution in [-0.2, 0) is 11.4 Å². The number of nitrogens with one attached hydrogen (secondary N) is 2. The van der Waals surface area contributed by atoms with Crippen molar-refractivity contribution in [2.24, 2.45) is 0 Å². The smallest absolute Gasteiger partial charge is 0.287 e. The lowest BCUT2D eigenvalue weighted by atomic mass is 10.2. The molecule has 27 heavy (non-hydrogen) atoms. The fraction of sp³-hybridized carbons (Fsp3) is 0.100. The van der Waals surface area contributed by atoms with Gasteiger partial charge in [0.1, 0.15) is 12.4 Å². The van der Waals surface area contributed by atoms with Gasteiger partial charge in [-0.25, -0.2) is 0 Å². The van der Waals surface area contributed by atoms with Crippen molar-refractivity contribution in [3.63, 3.8) is 0 Å². The largest absolute Gasteiger partial charge is 0.489 e. The molecule has 7 heteroatoms. The molecule has 0 atom stereocenters. The summed E-state index contributed by atoms with van der Waals surface area (Å²) in [7, 11) is 0. The Morgan fingerprint density at radius 1 is 0.963 bits per heavy atom. The summed E-state index contributed by atoms with van der Waals surface area (Å²) in [6, 6.07) is 20.0. The summed E-state index contributed by atoms with van der Waals surface area (Å²) in [5.74, 6) is 0.0376. The summed E-state index contributed by atoms with van der Waals surface area (Å²) < 4.78 is 11.3. The standard InChI is InChI=1S/C20H17BrN2O4/c21-18-11-10-17(27-18)20(25)22-12-19(24)23-15-6-8-16(9-7-15)26-13-14-4-2-1-3-5-14/h1-11H,12-13H2,(H,22,25)(H,23,24). The van der Waals surface area contributed by atoms with Crippen LogP contribution in [0.25, 0.3) is 0 Å². The van der Waals surface area contributed by atoms with Crippen molar-refractivity contribution in [1.82, 2.24) is 5.32 Å². The molecule has 0 aliphatic heterocycles. The molecule has 2 N–H and O–H groups in total. The van der Waals surface area contributed by atoms with Crippen LogP contribution >= 0.6 is 15.9 Å². The molecular formula is C20H17BrN2O4. The van der Waals surface area contributed by atoms with Gasteiger partial charge in [-0.05, 0) is 57.9 Å². The van der Waals surface area contributed by atoms with Crippen LogP contribution in [0.3, 0.4) is 0 Å². The zero-order valence-corrected chi connectivity index (χ0v) is 15.9. The Labute approximate surface area is 164 Å². The van der Waals surface area contributed by atoms with Gasteiger partial charge in [-0.2, -0.15) is 0 Å². The van der Waals surface area contributed by atoms with E-state index >= 15 is 0 Å². The zero-order valence-electron chi connectivity index (χ0n) is 14.3. The molecule has 0 unspecified atom stereocenters. The molecule has 2 amide bonds. The molecule has 3 aromatic rings. The number of furan rings is 1. The lowest BCUT2D eigenvalue weighted by Crippen LogP contribution is -2.32. The van der Waals surface area contributed by atoms with E-state index in [4.69, 9.17) is 9.15 Å². The molecule has 1 heterocycles. The molecule has 0 fully saturated rings. The molecule has 0 bridgehead atoms. The Morgan fingerprint density at radius 2 is 1.70 bits per heavy atom. The molecule has 0 radical (unpaired) electrons. The molecule has 6 nitrogen and oxygen atoms in total. The molecule has 2 aromatic carbocycles. The molecular weight excluding hydrogens is 412 g/mol. The molecule has 0 saturated carbocycles. The van der Waals surface area contributed by atoms with Crippen molar-refractivity contribution >= 4 is 33.4 Å². The summed E-state index contributed by atoms with van der Waals surface area (Å²) in [5, 5.41) is 5.20. The van der Waals surface area contributed by atoms with Crippen molar-refractivity contribution in [3.05, 3.63) is 82.7 Å². The number of anilines is 1. The van der Waals surface area contributed by atoms with Crippen LogP contribution in [-0.4, -0.2) is 18.4 Å². The maximum atomic E-state index is 12.0.